The van der Waals surface area contributed by atoms with Crippen LogP contribution in [-0.2, 0) is 19.5 Å². The van der Waals surface area contributed by atoms with E-state index in [4.69, 9.17) is 0 Å². The van der Waals surface area contributed by atoms with Crippen LogP contribution in [0.15, 0.2) is 34.1 Å². The number of benzene rings is 1. The van der Waals surface area contributed by atoms with E-state index in [-0.39, 0.29) is 0 Å². The van der Waals surface area contributed by atoms with Crippen molar-refractivity contribution in [2.24, 2.45) is 0 Å². The third kappa shape index (κ3) is 2.86. The largest absolute Gasteiger partial charge is 0.374 e. The van der Waals surface area contributed by atoms with E-state index in [1.807, 2.05) is 0 Å². The first kappa shape index (κ1) is 13.2. The average molecular weight is 337 g/mol. The molecule has 0 amide bonds. The minimum Gasteiger partial charge on any atom is -0.374 e. The Morgan fingerprint density at radius 1 is 1.32 bits per heavy atom. The van der Waals surface area contributed by atoms with Crippen molar-refractivity contribution in [2.75, 3.05) is 18.5 Å². The van der Waals surface area contributed by atoms with E-state index < -0.39 is 0 Å². The Bertz CT molecular complexity index is 579. The van der Waals surface area contributed by atoms with Crippen LogP contribution in [0.3, 0.4) is 0 Å². The van der Waals surface area contributed by atoms with Crippen molar-refractivity contribution in [2.45, 2.75) is 19.5 Å². The van der Waals surface area contributed by atoms with Crippen molar-refractivity contribution < 1.29 is 0 Å². The molecular formula is C15H17BrN2S. The van der Waals surface area contributed by atoms with Crippen LogP contribution in [-0.4, -0.2) is 13.6 Å². The number of halogens is 1. The molecule has 0 fully saturated rings. The zero-order chi connectivity index (χ0) is 13.2. The molecule has 0 unspecified atom stereocenters. The van der Waals surface area contributed by atoms with E-state index in [0.29, 0.717) is 0 Å². The van der Waals surface area contributed by atoms with Gasteiger partial charge in [0.05, 0.1) is 0 Å². The second-order valence-electron chi connectivity index (χ2n) is 4.93. The first-order valence-corrected chi connectivity index (χ1v) is 8.17. The molecule has 0 atom stereocenters. The fourth-order valence-electron chi connectivity index (χ4n) is 2.50. The van der Waals surface area contributed by atoms with Crippen molar-refractivity contribution in [1.29, 1.82) is 0 Å². The SMILES string of the molecule is CN1CCc2cc(CNCc3sccc3Br)ccc21. The van der Waals surface area contributed by atoms with Crippen molar-refractivity contribution in [3.63, 3.8) is 0 Å². The number of anilines is 1. The minimum absolute atomic E-state index is 0.926. The highest BCUT2D eigenvalue weighted by Crippen LogP contribution is 2.27. The second kappa shape index (κ2) is 5.65. The molecule has 0 spiro atoms. The maximum atomic E-state index is 3.56. The van der Waals surface area contributed by atoms with Gasteiger partial charge >= 0.3 is 0 Å². The van der Waals surface area contributed by atoms with Crippen LogP contribution in [0.2, 0.25) is 0 Å². The van der Waals surface area contributed by atoms with Gasteiger partial charge < -0.3 is 10.2 Å². The Labute approximate surface area is 126 Å². The molecule has 2 aromatic rings. The number of thiophene rings is 1. The van der Waals surface area contributed by atoms with E-state index in [9.17, 15) is 0 Å². The molecule has 3 rings (SSSR count). The van der Waals surface area contributed by atoms with Gasteiger partial charge in [0.1, 0.15) is 0 Å². The van der Waals surface area contributed by atoms with Crippen LogP contribution < -0.4 is 10.2 Å². The summed E-state index contributed by atoms with van der Waals surface area (Å²) in [6.07, 6.45) is 1.18. The lowest BCUT2D eigenvalue weighted by Crippen LogP contribution is -2.13. The predicted molar refractivity (Wildman–Crippen MR) is 86.0 cm³/mol. The Morgan fingerprint density at radius 2 is 2.21 bits per heavy atom. The lowest BCUT2D eigenvalue weighted by atomic mass is 10.1. The van der Waals surface area contributed by atoms with Gasteiger partial charge in [-0.05, 0) is 51.0 Å². The van der Waals surface area contributed by atoms with Gasteiger partial charge in [-0.3, -0.25) is 0 Å². The fraction of sp³-hybridized carbons (Fsp3) is 0.333. The quantitative estimate of drug-likeness (QED) is 0.913. The highest BCUT2D eigenvalue weighted by molar-refractivity contribution is 9.10. The van der Waals surface area contributed by atoms with Crippen LogP contribution >= 0.6 is 27.3 Å². The molecule has 19 heavy (non-hydrogen) atoms. The van der Waals surface area contributed by atoms with Crippen molar-refractivity contribution >= 4 is 33.0 Å². The molecule has 0 saturated carbocycles. The minimum atomic E-state index is 0.926. The standard InChI is InChI=1S/C15H17BrN2S/c1-18-6-4-12-8-11(2-3-14(12)18)9-17-10-15-13(16)5-7-19-15/h2-3,5,7-8,17H,4,6,9-10H2,1H3. The number of nitrogens with zero attached hydrogens (tertiary/aromatic N) is 1. The van der Waals surface area contributed by atoms with Gasteiger partial charge in [0.25, 0.3) is 0 Å². The summed E-state index contributed by atoms with van der Waals surface area (Å²) >= 11 is 5.35. The molecule has 1 aliphatic rings. The van der Waals surface area contributed by atoms with Gasteiger partial charge in [-0.2, -0.15) is 0 Å². The molecular weight excluding hydrogens is 320 g/mol. The van der Waals surface area contributed by atoms with Gasteiger partial charge in [-0.1, -0.05) is 12.1 Å². The lowest BCUT2D eigenvalue weighted by molar-refractivity contribution is 0.699. The van der Waals surface area contributed by atoms with Crippen LogP contribution in [0.1, 0.15) is 16.0 Å². The summed E-state index contributed by atoms with van der Waals surface area (Å²) in [4.78, 5) is 3.69. The molecule has 1 aliphatic heterocycles. The third-order valence-electron chi connectivity index (χ3n) is 3.58. The maximum Gasteiger partial charge on any atom is 0.0397 e. The van der Waals surface area contributed by atoms with Crippen molar-refractivity contribution in [3.8, 4) is 0 Å². The highest BCUT2D eigenvalue weighted by Gasteiger charge is 2.15. The number of hydrogen-bond acceptors (Lipinski definition) is 3. The summed E-state index contributed by atoms with van der Waals surface area (Å²) < 4.78 is 1.21. The van der Waals surface area contributed by atoms with Gasteiger partial charge in [-0.15, -0.1) is 11.3 Å². The summed E-state index contributed by atoms with van der Waals surface area (Å²) in [5, 5.41) is 5.63. The fourth-order valence-corrected chi connectivity index (χ4v) is 3.96. The molecule has 1 N–H and O–H groups in total. The van der Waals surface area contributed by atoms with Gasteiger partial charge in [-0.25, -0.2) is 0 Å². The Kier molecular flexibility index (Phi) is 3.91. The van der Waals surface area contributed by atoms with Crippen LogP contribution in [0.4, 0.5) is 5.69 Å². The molecule has 0 aliphatic carbocycles. The number of rotatable bonds is 4. The van der Waals surface area contributed by atoms with Gasteiger partial charge in [0, 0.05) is 41.7 Å². The molecule has 1 aromatic heterocycles. The van der Waals surface area contributed by atoms with Crippen molar-refractivity contribution in [1.82, 2.24) is 5.32 Å². The molecule has 1 aromatic carbocycles. The molecule has 100 valence electrons. The summed E-state index contributed by atoms with van der Waals surface area (Å²) in [6, 6.07) is 8.93. The first-order chi connectivity index (χ1) is 9.24. The lowest BCUT2D eigenvalue weighted by Gasteiger charge is -2.12. The van der Waals surface area contributed by atoms with E-state index in [2.05, 4.69) is 62.8 Å². The first-order valence-electron chi connectivity index (χ1n) is 6.49. The average Bonchev–Trinajstić information content (AvgIpc) is 2.97. The summed E-state index contributed by atoms with van der Waals surface area (Å²) in [7, 11) is 2.16. The molecule has 2 heterocycles. The third-order valence-corrected chi connectivity index (χ3v) is 5.50. The summed E-state index contributed by atoms with van der Waals surface area (Å²) in [6.45, 7) is 3.00. The summed E-state index contributed by atoms with van der Waals surface area (Å²) in [5.74, 6) is 0. The smallest absolute Gasteiger partial charge is 0.0397 e. The zero-order valence-corrected chi connectivity index (χ0v) is 13.4. The molecule has 0 bridgehead atoms. The predicted octanol–water partition coefficient (Wildman–Crippen LogP) is 3.79. The Balaban J connectivity index is 1.60. The molecule has 0 radical (unpaired) electrons. The van der Waals surface area contributed by atoms with Gasteiger partial charge in [0.2, 0.25) is 0 Å². The number of hydrogen-bond donors (Lipinski definition) is 1. The molecule has 2 nitrogen and oxygen atoms in total. The Morgan fingerprint density at radius 3 is 3.00 bits per heavy atom. The molecule has 0 saturated heterocycles. The van der Waals surface area contributed by atoms with E-state index >= 15 is 0 Å². The Hall–Kier alpha value is -0.840. The topological polar surface area (TPSA) is 15.3 Å². The van der Waals surface area contributed by atoms with Gasteiger partial charge in [0.15, 0.2) is 0 Å². The number of fused-ring (bicyclic) bond motifs is 1. The van der Waals surface area contributed by atoms with E-state index in [1.165, 1.54) is 32.6 Å². The zero-order valence-electron chi connectivity index (χ0n) is 10.9. The molecule has 4 heteroatoms. The maximum absolute atomic E-state index is 3.56. The van der Waals surface area contributed by atoms with Crippen molar-refractivity contribution in [3.05, 3.63) is 50.1 Å². The number of nitrogens with one attached hydrogen (secondary N) is 1. The second-order valence-corrected chi connectivity index (χ2v) is 6.78. The number of likely N-dealkylation sites (N-methyl/N-ethyl adjacent to an activating group) is 1. The highest BCUT2D eigenvalue weighted by atomic mass is 79.9. The normalized spacial score (nSPS) is 13.9. The van der Waals surface area contributed by atoms with Crippen LogP contribution in [0, 0.1) is 0 Å². The van der Waals surface area contributed by atoms with Crippen LogP contribution in [0.25, 0.3) is 0 Å². The summed E-state index contributed by atoms with van der Waals surface area (Å²) in [5.41, 5.74) is 4.26. The van der Waals surface area contributed by atoms with Crippen LogP contribution in [0.5, 0.6) is 0 Å². The van der Waals surface area contributed by atoms with E-state index in [0.717, 1.165) is 19.6 Å². The van der Waals surface area contributed by atoms with E-state index in [1.54, 1.807) is 11.3 Å². The monoisotopic (exact) mass is 336 g/mol.